The summed E-state index contributed by atoms with van der Waals surface area (Å²) in [5, 5.41) is 2.23. The topological polar surface area (TPSA) is 64.2 Å². The van der Waals surface area contributed by atoms with E-state index in [1.807, 2.05) is 0 Å². The molecular formula is C16H10ClF3N2O3. The number of fused-ring (bicyclic) bond motifs is 1. The lowest BCUT2D eigenvalue weighted by atomic mass is 10.2. The minimum atomic E-state index is -4.57. The molecule has 0 saturated carbocycles. The molecule has 1 aromatic heterocycles. The van der Waals surface area contributed by atoms with Crippen LogP contribution in [0.1, 0.15) is 5.56 Å². The third-order valence-electron chi connectivity index (χ3n) is 3.44. The van der Waals surface area contributed by atoms with Gasteiger partial charge in [-0.15, -0.1) is 0 Å². The van der Waals surface area contributed by atoms with Gasteiger partial charge in [0.25, 0.3) is 0 Å². The fourth-order valence-corrected chi connectivity index (χ4v) is 2.46. The zero-order valence-electron chi connectivity index (χ0n) is 12.4. The Morgan fingerprint density at radius 2 is 1.92 bits per heavy atom. The predicted molar refractivity (Wildman–Crippen MR) is 85.6 cm³/mol. The molecule has 3 rings (SSSR count). The van der Waals surface area contributed by atoms with Gasteiger partial charge in [0.15, 0.2) is 5.58 Å². The number of carbonyl (C=O) groups excluding carboxylic acids is 1. The number of hydrogen-bond acceptors (Lipinski definition) is 3. The maximum absolute atomic E-state index is 12.8. The largest absolute Gasteiger partial charge is 0.420 e. The van der Waals surface area contributed by atoms with Gasteiger partial charge >= 0.3 is 11.9 Å². The van der Waals surface area contributed by atoms with E-state index in [2.05, 4.69) is 5.32 Å². The van der Waals surface area contributed by atoms with E-state index >= 15 is 0 Å². The highest BCUT2D eigenvalue weighted by molar-refractivity contribution is 6.33. The van der Waals surface area contributed by atoms with E-state index in [1.165, 1.54) is 0 Å². The zero-order valence-corrected chi connectivity index (χ0v) is 13.2. The minimum absolute atomic E-state index is 0.0502. The second kappa shape index (κ2) is 6.29. The number of nitrogens with one attached hydrogen (secondary N) is 1. The number of benzene rings is 2. The van der Waals surface area contributed by atoms with E-state index in [9.17, 15) is 22.8 Å². The number of hydrogen-bond donors (Lipinski definition) is 1. The van der Waals surface area contributed by atoms with Crippen LogP contribution >= 0.6 is 11.6 Å². The summed E-state index contributed by atoms with van der Waals surface area (Å²) in [6.07, 6.45) is -4.57. The number of anilines is 1. The fraction of sp³-hybridized carbons (Fsp3) is 0.125. The van der Waals surface area contributed by atoms with E-state index in [-0.39, 0.29) is 10.7 Å². The number of halogens is 4. The number of rotatable bonds is 3. The molecule has 0 aliphatic rings. The van der Waals surface area contributed by atoms with Crippen molar-refractivity contribution in [3.05, 3.63) is 63.6 Å². The number of para-hydroxylation sites is 2. The van der Waals surface area contributed by atoms with Crippen LogP contribution in [0.2, 0.25) is 5.02 Å². The van der Waals surface area contributed by atoms with Crippen LogP contribution in [-0.2, 0) is 17.5 Å². The molecule has 25 heavy (non-hydrogen) atoms. The van der Waals surface area contributed by atoms with E-state index in [0.29, 0.717) is 11.1 Å². The fourth-order valence-electron chi connectivity index (χ4n) is 2.29. The van der Waals surface area contributed by atoms with Gasteiger partial charge in [-0.3, -0.25) is 9.36 Å². The molecule has 0 atom stereocenters. The third-order valence-corrected chi connectivity index (χ3v) is 3.77. The number of amides is 1. The Morgan fingerprint density at radius 1 is 1.20 bits per heavy atom. The van der Waals surface area contributed by atoms with Gasteiger partial charge < -0.3 is 9.73 Å². The van der Waals surface area contributed by atoms with Gasteiger partial charge in [0.2, 0.25) is 5.91 Å². The maximum Gasteiger partial charge on any atom is 0.420 e. The monoisotopic (exact) mass is 370 g/mol. The lowest BCUT2D eigenvalue weighted by Crippen LogP contribution is -2.25. The molecule has 130 valence electrons. The molecule has 0 unspecified atom stereocenters. The molecule has 0 aliphatic heterocycles. The lowest BCUT2D eigenvalue weighted by molar-refractivity contribution is -0.137. The normalized spacial score (nSPS) is 11.7. The summed E-state index contributed by atoms with van der Waals surface area (Å²) < 4.78 is 44.3. The molecule has 1 heterocycles. The van der Waals surface area contributed by atoms with Crippen LogP contribution < -0.4 is 11.1 Å². The Morgan fingerprint density at radius 3 is 2.64 bits per heavy atom. The zero-order chi connectivity index (χ0) is 18.2. The second-order valence-electron chi connectivity index (χ2n) is 5.16. The van der Waals surface area contributed by atoms with Gasteiger partial charge in [0, 0.05) is 0 Å². The minimum Gasteiger partial charge on any atom is -0.408 e. The Hall–Kier alpha value is -2.74. The lowest BCUT2D eigenvalue weighted by Gasteiger charge is -2.11. The van der Waals surface area contributed by atoms with E-state index < -0.39 is 29.9 Å². The Kier molecular flexibility index (Phi) is 4.30. The van der Waals surface area contributed by atoms with Gasteiger partial charge in [0.1, 0.15) is 6.54 Å². The molecule has 0 radical (unpaired) electrons. The average Bonchev–Trinajstić information content (AvgIpc) is 2.84. The van der Waals surface area contributed by atoms with Crippen molar-refractivity contribution in [1.82, 2.24) is 4.57 Å². The molecular weight excluding hydrogens is 361 g/mol. The van der Waals surface area contributed by atoms with Crippen LogP contribution in [0.25, 0.3) is 11.1 Å². The first-order valence-corrected chi connectivity index (χ1v) is 7.38. The standard InChI is InChI=1S/C16H10ClF3N2O3/c17-10-6-5-9(16(18,19)20)7-11(10)21-14(23)8-22-12-3-1-2-4-13(12)25-15(22)24/h1-7H,8H2,(H,21,23). The summed E-state index contributed by atoms with van der Waals surface area (Å²) in [6.45, 7) is -0.428. The van der Waals surface area contributed by atoms with Crippen molar-refractivity contribution in [2.24, 2.45) is 0 Å². The number of alkyl halides is 3. The summed E-state index contributed by atoms with van der Waals surface area (Å²) in [5.41, 5.74) is -0.435. The highest BCUT2D eigenvalue weighted by Crippen LogP contribution is 2.33. The van der Waals surface area contributed by atoms with Crippen LogP contribution in [0.5, 0.6) is 0 Å². The van der Waals surface area contributed by atoms with Crippen molar-refractivity contribution in [3.8, 4) is 0 Å². The highest BCUT2D eigenvalue weighted by Gasteiger charge is 2.31. The van der Waals surface area contributed by atoms with Crippen LogP contribution in [0.3, 0.4) is 0 Å². The molecule has 2 aromatic carbocycles. The third kappa shape index (κ3) is 3.53. The SMILES string of the molecule is O=C(Cn1c(=O)oc2ccccc21)Nc1cc(C(F)(F)F)ccc1Cl. The number of oxazole rings is 1. The number of nitrogens with zero attached hydrogens (tertiary/aromatic N) is 1. The van der Waals surface area contributed by atoms with Gasteiger partial charge in [-0.2, -0.15) is 13.2 Å². The van der Waals surface area contributed by atoms with Crippen molar-refractivity contribution >= 4 is 34.3 Å². The smallest absolute Gasteiger partial charge is 0.408 e. The first-order chi connectivity index (χ1) is 11.8. The van der Waals surface area contributed by atoms with E-state index in [0.717, 1.165) is 22.8 Å². The van der Waals surface area contributed by atoms with Crippen LogP contribution in [0.15, 0.2) is 51.7 Å². The second-order valence-corrected chi connectivity index (χ2v) is 5.57. The molecule has 0 aliphatic carbocycles. The van der Waals surface area contributed by atoms with Gasteiger partial charge in [-0.25, -0.2) is 4.79 Å². The van der Waals surface area contributed by atoms with Gasteiger partial charge in [-0.05, 0) is 30.3 Å². The molecule has 1 N–H and O–H groups in total. The summed E-state index contributed by atoms with van der Waals surface area (Å²) in [4.78, 5) is 24.0. The van der Waals surface area contributed by atoms with E-state index in [1.54, 1.807) is 24.3 Å². The van der Waals surface area contributed by atoms with Crippen molar-refractivity contribution in [2.45, 2.75) is 12.7 Å². The Labute approximate surface area is 143 Å². The van der Waals surface area contributed by atoms with E-state index in [4.69, 9.17) is 16.0 Å². The summed E-state index contributed by atoms with van der Waals surface area (Å²) in [5.74, 6) is -1.46. The first kappa shape index (κ1) is 17.1. The van der Waals surface area contributed by atoms with Crippen molar-refractivity contribution in [3.63, 3.8) is 0 Å². The summed E-state index contributed by atoms with van der Waals surface area (Å²) in [7, 11) is 0. The quantitative estimate of drug-likeness (QED) is 0.760. The highest BCUT2D eigenvalue weighted by atomic mass is 35.5. The molecule has 3 aromatic rings. The average molecular weight is 371 g/mol. The molecule has 0 spiro atoms. The Bertz CT molecular complexity index is 1010. The number of carbonyl (C=O) groups is 1. The molecule has 0 fully saturated rings. The molecule has 0 saturated heterocycles. The molecule has 9 heteroatoms. The molecule has 1 amide bonds. The summed E-state index contributed by atoms with van der Waals surface area (Å²) >= 11 is 5.83. The van der Waals surface area contributed by atoms with Crippen molar-refractivity contribution in [2.75, 3.05) is 5.32 Å². The van der Waals surface area contributed by atoms with Gasteiger partial charge in [-0.1, -0.05) is 23.7 Å². The van der Waals surface area contributed by atoms with Crippen LogP contribution in [-0.4, -0.2) is 10.5 Å². The van der Waals surface area contributed by atoms with Gasteiger partial charge in [0.05, 0.1) is 21.8 Å². The Balaban J connectivity index is 1.86. The van der Waals surface area contributed by atoms with Crippen LogP contribution in [0.4, 0.5) is 18.9 Å². The van der Waals surface area contributed by atoms with Crippen LogP contribution in [0, 0.1) is 0 Å². The maximum atomic E-state index is 12.8. The number of aromatic nitrogens is 1. The molecule has 5 nitrogen and oxygen atoms in total. The van der Waals surface area contributed by atoms with Crippen molar-refractivity contribution in [1.29, 1.82) is 0 Å². The molecule has 0 bridgehead atoms. The van der Waals surface area contributed by atoms with Crippen molar-refractivity contribution < 1.29 is 22.4 Å². The predicted octanol–water partition coefficient (Wildman–Crippen LogP) is 3.91. The summed E-state index contributed by atoms with van der Waals surface area (Å²) in [6, 6.07) is 9.06. The first-order valence-electron chi connectivity index (χ1n) is 7.00.